The number of carbonyl (C=O) groups excluding carboxylic acids is 2. The molecule has 0 bridgehead atoms. The molecule has 2 N–H and O–H groups in total. The fraction of sp³-hybridized carbons (Fsp3) is 0.366. The highest BCUT2D eigenvalue weighted by Crippen LogP contribution is 2.42. The molecule has 3 atom stereocenters. The second-order valence-corrected chi connectivity index (χ2v) is 14.5. The van der Waals surface area contributed by atoms with E-state index in [1.165, 1.54) is 47.4 Å². The third kappa shape index (κ3) is 10.7. The van der Waals surface area contributed by atoms with Crippen LogP contribution in [0.15, 0.2) is 78.9 Å². The van der Waals surface area contributed by atoms with Gasteiger partial charge in [-0.2, -0.15) is 52.7 Å². The Kier molecular flexibility index (Phi) is 13.2. The Bertz CT molecular complexity index is 2180. The van der Waals surface area contributed by atoms with Gasteiger partial charge < -0.3 is 20.1 Å². The third-order valence-corrected chi connectivity index (χ3v) is 9.92. The van der Waals surface area contributed by atoms with Gasteiger partial charge in [0.2, 0.25) is 5.91 Å². The summed E-state index contributed by atoms with van der Waals surface area (Å²) >= 11 is 0. The zero-order valence-electron chi connectivity index (χ0n) is 31.9. The Hall–Kier alpha value is -5.30. The average Bonchev–Trinajstić information content (AvgIpc) is 3.14. The predicted octanol–water partition coefficient (Wildman–Crippen LogP) is 9.96. The summed E-state index contributed by atoms with van der Waals surface area (Å²) in [5.41, 5.74) is -6.86. The number of aliphatic hydroxyl groups is 1. The number of alkyl halides is 12. The summed E-state index contributed by atoms with van der Waals surface area (Å²) in [5.74, 6) is -2.47. The van der Waals surface area contributed by atoms with E-state index in [-0.39, 0.29) is 66.5 Å². The highest BCUT2D eigenvalue weighted by atomic mass is 19.4. The van der Waals surface area contributed by atoms with E-state index in [4.69, 9.17) is 4.74 Å². The fourth-order valence-electron chi connectivity index (χ4n) is 6.80. The van der Waals surface area contributed by atoms with E-state index in [2.05, 4.69) is 5.32 Å². The summed E-state index contributed by atoms with van der Waals surface area (Å²) in [4.78, 5) is 30.3. The van der Waals surface area contributed by atoms with Gasteiger partial charge in [-0.25, -0.2) is 0 Å². The zero-order valence-corrected chi connectivity index (χ0v) is 31.9. The number of likely N-dealkylation sites (N-methyl/N-ethyl adjacent to an activating group) is 1. The maximum absolute atomic E-state index is 13.9. The molecule has 19 heteroatoms. The van der Waals surface area contributed by atoms with E-state index in [1.807, 2.05) is 0 Å². The maximum Gasteiger partial charge on any atom is 0.417 e. The summed E-state index contributed by atoms with van der Waals surface area (Å²) in [7, 11) is 1.67. The number of nitrogens with zero attached hydrogens (tertiary/aromatic N) is 2. The van der Waals surface area contributed by atoms with Crippen LogP contribution in [0.4, 0.5) is 58.4 Å². The minimum absolute atomic E-state index is 0.0102. The van der Waals surface area contributed by atoms with E-state index >= 15 is 0 Å². The highest BCUT2D eigenvalue weighted by Gasteiger charge is 2.40. The molecule has 7 nitrogen and oxygen atoms in total. The number of anilines is 1. The van der Waals surface area contributed by atoms with E-state index < -0.39 is 101 Å². The fourth-order valence-corrected chi connectivity index (χ4v) is 6.80. The highest BCUT2D eigenvalue weighted by molar-refractivity contribution is 6.02. The molecule has 0 saturated heterocycles. The van der Waals surface area contributed by atoms with Crippen molar-refractivity contribution < 1.29 is 72.1 Å². The van der Waals surface area contributed by atoms with Crippen LogP contribution >= 0.6 is 0 Å². The lowest BCUT2D eigenvalue weighted by molar-refractivity contribution is -0.143. The molecule has 5 rings (SSSR count). The number of benzene rings is 4. The largest absolute Gasteiger partial charge is 0.486 e. The first kappa shape index (κ1) is 45.8. The molecular formula is C41H37F12N3O4. The molecule has 0 aromatic heterocycles. The lowest BCUT2D eigenvalue weighted by Gasteiger charge is -2.38. The number of halogens is 12. The Labute approximate surface area is 335 Å². The first-order valence-electron chi connectivity index (χ1n) is 18.1. The van der Waals surface area contributed by atoms with Gasteiger partial charge in [0.05, 0.1) is 52.6 Å². The average molecular weight is 864 g/mol. The number of para-hydroxylation sites is 1. The molecular weight excluding hydrogens is 826 g/mol. The van der Waals surface area contributed by atoms with Gasteiger partial charge in [0.25, 0.3) is 5.91 Å². The van der Waals surface area contributed by atoms with Crippen molar-refractivity contribution in [2.75, 3.05) is 32.1 Å². The van der Waals surface area contributed by atoms with Gasteiger partial charge in [-0.15, -0.1) is 0 Å². The first-order chi connectivity index (χ1) is 27.8. The Morgan fingerprint density at radius 1 is 0.817 bits per heavy atom. The Balaban J connectivity index is 1.41. The van der Waals surface area contributed by atoms with Crippen LogP contribution in [0.1, 0.15) is 57.6 Å². The lowest BCUT2D eigenvalue weighted by atomic mass is 9.96. The number of rotatable bonds is 10. The van der Waals surface area contributed by atoms with Crippen molar-refractivity contribution in [1.29, 1.82) is 0 Å². The molecule has 4 aromatic carbocycles. The molecule has 4 aromatic rings. The summed E-state index contributed by atoms with van der Waals surface area (Å²) in [6.45, 7) is 3.19. The first-order valence-corrected chi connectivity index (χ1v) is 18.1. The van der Waals surface area contributed by atoms with Crippen LogP contribution in [-0.2, 0) is 42.5 Å². The molecule has 0 spiro atoms. The number of fused-ring (bicyclic) bond motifs is 1. The second-order valence-electron chi connectivity index (χ2n) is 14.5. The topological polar surface area (TPSA) is 82.1 Å². The molecule has 60 heavy (non-hydrogen) atoms. The van der Waals surface area contributed by atoms with Gasteiger partial charge in [-0.05, 0) is 78.7 Å². The van der Waals surface area contributed by atoms with Crippen LogP contribution in [-0.4, -0.2) is 65.6 Å². The number of ether oxygens (including phenoxy) is 1. The quantitative estimate of drug-likeness (QED) is 0.155. The van der Waals surface area contributed by atoms with Crippen molar-refractivity contribution in [2.24, 2.45) is 5.92 Å². The second kappa shape index (κ2) is 17.4. The lowest BCUT2D eigenvalue weighted by Crippen LogP contribution is -2.49. The zero-order chi connectivity index (χ0) is 44.5. The van der Waals surface area contributed by atoms with Gasteiger partial charge in [0.1, 0.15) is 6.10 Å². The van der Waals surface area contributed by atoms with Crippen molar-refractivity contribution in [1.82, 2.24) is 9.80 Å². The van der Waals surface area contributed by atoms with Crippen LogP contribution in [0.5, 0.6) is 5.75 Å². The van der Waals surface area contributed by atoms with Crippen molar-refractivity contribution in [3.8, 4) is 16.9 Å². The van der Waals surface area contributed by atoms with Gasteiger partial charge >= 0.3 is 24.7 Å². The number of aliphatic hydroxyl groups excluding tert-OH is 1. The van der Waals surface area contributed by atoms with Crippen molar-refractivity contribution in [3.63, 3.8) is 0 Å². The van der Waals surface area contributed by atoms with Crippen molar-refractivity contribution in [3.05, 3.63) is 118 Å². The van der Waals surface area contributed by atoms with Crippen LogP contribution in [0.2, 0.25) is 0 Å². The van der Waals surface area contributed by atoms with Crippen LogP contribution < -0.4 is 10.1 Å². The number of hydrogen-bond acceptors (Lipinski definition) is 5. The van der Waals surface area contributed by atoms with Gasteiger partial charge in [-0.3, -0.25) is 14.5 Å². The normalized spacial score (nSPS) is 17.1. The smallest absolute Gasteiger partial charge is 0.417 e. The van der Waals surface area contributed by atoms with Crippen LogP contribution in [0, 0.1) is 5.92 Å². The molecule has 1 aliphatic heterocycles. The Morgan fingerprint density at radius 2 is 1.42 bits per heavy atom. The molecule has 0 saturated carbocycles. The summed E-state index contributed by atoms with van der Waals surface area (Å²) < 4.78 is 169. The standard InChI is InChI=1S/C41H37F12N3O4/c1-22-18-56(23(2)21-57)37(59)30-5-4-6-33(54-35(58)16-26-15-27(38(42,43)44)12-14-31(26)40(48,49)50)36(30)60-34(22)20-55(3)19-24-7-9-25(10-8-24)29-13-11-28(39(45,46)47)17-32(29)41(51,52)53/h4-15,17,22-23,34,57H,16,18-21H2,1-3H3,(H,54,58)/t22-,23+,34-/m1/s1. The predicted molar refractivity (Wildman–Crippen MR) is 195 cm³/mol. The number of amides is 2. The SMILES string of the molecule is C[C@@H]1CN([C@@H](C)CO)C(=O)c2cccc(NC(=O)Cc3cc(C(F)(F)F)ccc3C(F)(F)F)c2O[C@@H]1CN(C)Cc1ccc(-c2ccc(C(F)(F)F)cc2C(F)(F)F)cc1. The van der Waals surface area contributed by atoms with Crippen molar-refractivity contribution >= 4 is 17.5 Å². The molecule has 1 aliphatic rings. The van der Waals surface area contributed by atoms with E-state index in [1.54, 1.807) is 25.8 Å². The third-order valence-electron chi connectivity index (χ3n) is 9.92. The molecule has 0 aliphatic carbocycles. The molecule has 0 fully saturated rings. The number of hydrogen-bond donors (Lipinski definition) is 2. The van der Waals surface area contributed by atoms with E-state index in [0.717, 1.165) is 6.07 Å². The Morgan fingerprint density at radius 3 is 2.00 bits per heavy atom. The number of nitrogens with one attached hydrogen (secondary N) is 1. The minimum Gasteiger partial charge on any atom is -0.486 e. The summed E-state index contributed by atoms with van der Waals surface area (Å²) in [6, 6.07) is 11.0. The van der Waals surface area contributed by atoms with Gasteiger partial charge in [0, 0.05) is 25.6 Å². The van der Waals surface area contributed by atoms with E-state index in [9.17, 15) is 67.4 Å². The van der Waals surface area contributed by atoms with E-state index in [0.29, 0.717) is 11.6 Å². The van der Waals surface area contributed by atoms with Gasteiger partial charge in [-0.1, -0.05) is 43.3 Å². The van der Waals surface area contributed by atoms with Gasteiger partial charge in [0.15, 0.2) is 5.75 Å². The summed E-state index contributed by atoms with van der Waals surface area (Å²) in [6.07, 6.45) is -22.1. The maximum atomic E-state index is 13.9. The molecule has 1 heterocycles. The summed E-state index contributed by atoms with van der Waals surface area (Å²) in [5, 5.41) is 12.4. The number of carbonyl (C=O) groups is 2. The molecule has 0 radical (unpaired) electrons. The monoisotopic (exact) mass is 863 g/mol. The van der Waals surface area contributed by atoms with Crippen LogP contribution in [0.25, 0.3) is 11.1 Å². The van der Waals surface area contributed by atoms with Crippen LogP contribution in [0.3, 0.4) is 0 Å². The molecule has 0 unspecified atom stereocenters. The van der Waals surface area contributed by atoms with Crippen molar-refractivity contribution in [2.45, 2.75) is 63.7 Å². The minimum atomic E-state index is -5.09. The molecule has 2 amide bonds. The molecule has 324 valence electrons.